The number of alkyl halides is 2. The van der Waals surface area contributed by atoms with Crippen molar-refractivity contribution in [2.24, 2.45) is 11.8 Å². The fourth-order valence-corrected chi connectivity index (χ4v) is 10.1. The van der Waals surface area contributed by atoms with Crippen LogP contribution in [0.4, 0.5) is 13.6 Å². The number of aromatic nitrogens is 5. The van der Waals surface area contributed by atoms with Crippen LogP contribution in [-0.2, 0) is 20.7 Å². The molecule has 9 rings (SSSR count). The first-order valence-electron chi connectivity index (χ1n) is 23.8. The zero-order valence-electron chi connectivity index (χ0n) is 39.6. The van der Waals surface area contributed by atoms with Gasteiger partial charge in [-0.3, -0.25) is 9.59 Å². The Morgan fingerprint density at radius 3 is 1.96 bits per heavy atom. The number of hydrogen-bond donors (Lipinski definition) is 4. The average Bonchev–Trinajstić information content (AvgIpc) is 4.18. The molecule has 7 atom stereocenters. The van der Waals surface area contributed by atoms with Crippen molar-refractivity contribution >= 4 is 28.8 Å². The molecule has 14 nitrogen and oxygen atoms in total. The predicted molar refractivity (Wildman–Crippen MR) is 256 cm³/mol. The van der Waals surface area contributed by atoms with Gasteiger partial charge >= 0.3 is 6.09 Å². The molecule has 3 aromatic carbocycles. The summed E-state index contributed by atoms with van der Waals surface area (Å²) in [4.78, 5) is 59.1. The smallest absolute Gasteiger partial charge is 0.407 e. The van der Waals surface area contributed by atoms with Crippen LogP contribution in [0.3, 0.4) is 0 Å². The number of carbonyl (C=O) groups is 3. The van der Waals surface area contributed by atoms with Gasteiger partial charge in [-0.15, -0.1) is 0 Å². The second kappa shape index (κ2) is 19.2. The third kappa shape index (κ3) is 9.22. The first kappa shape index (κ1) is 46.6. The topological polar surface area (TPSA) is 162 Å². The number of nitrogens with one attached hydrogen (secondary N) is 4. The van der Waals surface area contributed by atoms with E-state index in [9.17, 15) is 14.4 Å². The van der Waals surface area contributed by atoms with Gasteiger partial charge in [-0.05, 0) is 54.2 Å². The van der Waals surface area contributed by atoms with Gasteiger partial charge in [0.15, 0.2) is 6.23 Å². The maximum atomic E-state index is 15.1. The number of hydrogen-bond acceptors (Lipinski definition) is 8. The summed E-state index contributed by atoms with van der Waals surface area (Å²) in [5.74, 6) is 0.969. The van der Waals surface area contributed by atoms with Crippen molar-refractivity contribution in [1.29, 1.82) is 0 Å². The molecular weight excluding hydrogens is 869 g/mol. The van der Waals surface area contributed by atoms with Gasteiger partial charge in [-0.1, -0.05) is 84.0 Å². The van der Waals surface area contributed by atoms with Crippen LogP contribution in [0.25, 0.3) is 44.7 Å². The van der Waals surface area contributed by atoms with Gasteiger partial charge in [-0.2, -0.15) is 0 Å². The van der Waals surface area contributed by atoms with Gasteiger partial charge in [0.25, 0.3) is 0 Å². The van der Waals surface area contributed by atoms with Gasteiger partial charge in [-0.25, -0.2) is 23.5 Å². The van der Waals surface area contributed by atoms with E-state index >= 15 is 8.78 Å². The summed E-state index contributed by atoms with van der Waals surface area (Å²) in [5.41, 5.74) is 7.28. The highest BCUT2D eigenvalue weighted by atomic mass is 19.1. The number of amides is 3. The van der Waals surface area contributed by atoms with Gasteiger partial charge in [0.2, 0.25) is 11.8 Å². The first-order valence-corrected chi connectivity index (χ1v) is 23.8. The number of carbonyl (C=O) groups excluding carboxylic acids is 3. The lowest BCUT2D eigenvalue weighted by Crippen LogP contribution is -2.51. The quantitative estimate of drug-likeness (QED) is 0.0841. The number of imidazole rings is 2. The number of halogens is 2. The van der Waals surface area contributed by atoms with E-state index in [-0.39, 0.29) is 55.9 Å². The molecule has 3 aromatic heterocycles. The molecule has 2 fully saturated rings. The molecule has 3 amide bonds. The number of fused-ring (bicyclic) bond motifs is 5. The number of methoxy groups -OCH3 is 1. The average molecular weight is 930 g/mol. The summed E-state index contributed by atoms with van der Waals surface area (Å²) in [6.45, 7) is 11.6. The van der Waals surface area contributed by atoms with Gasteiger partial charge < -0.3 is 44.4 Å². The lowest BCUT2D eigenvalue weighted by Gasteiger charge is -2.31. The van der Waals surface area contributed by atoms with Crippen molar-refractivity contribution in [3.63, 3.8) is 0 Å². The molecule has 68 heavy (non-hydrogen) atoms. The molecule has 3 aliphatic heterocycles. The molecule has 3 aliphatic rings. The lowest BCUT2D eigenvalue weighted by molar-refractivity contribution is -0.136. The van der Waals surface area contributed by atoms with Gasteiger partial charge in [0, 0.05) is 47.4 Å². The molecule has 0 bridgehead atoms. The zero-order valence-corrected chi connectivity index (χ0v) is 39.6. The molecule has 0 spiro atoms. The van der Waals surface area contributed by atoms with E-state index in [2.05, 4.69) is 66.6 Å². The second-order valence-electron chi connectivity index (χ2n) is 19.4. The lowest BCUT2D eigenvalue weighted by atomic mass is 10.0. The molecule has 0 radical (unpaired) electrons. The van der Waals surface area contributed by atoms with Gasteiger partial charge in [0.05, 0.1) is 73.3 Å². The molecule has 0 aliphatic carbocycles. The maximum Gasteiger partial charge on any atom is 0.407 e. The summed E-state index contributed by atoms with van der Waals surface area (Å²) in [6, 6.07) is 22.4. The number of rotatable bonds is 14. The fraction of sp³-hybridized carbons (Fsp3) is 0.442. The van der Waals surface area contributed by atoms with Crippen LogP contribution >= 0.6 is 0 Å². The van der Waals surface area contributed by atoms with E-state index in [4.69, 9.17) is 14.5 Å². The Morgan fingerprint density at radius 1 is 0.779 bits per heavy atom. The summed E-state index contributed by atoms with van der Waals surface area (Å²) in [6.07, 6.45) is 1.70. The molecule has 6 aromatic rings. The third-order valence-corrected chi connectivity index (χ3v) is 13.5. The Labute approximate surface area is 395 Å². The highest BCUT2D eigenvalue weighted by molar-refractivity contribution is 5.92. The van der Waals surface area contributed by atoms with Crippen LogP contribution < -0.4 is 15.4 Å². The van der Waals surface area contributed by atoms with Crippen molar-refractivity contribution in [2.45, 2.75) is 116 Å². The summed E-state index contributed by atoms with van der Waals surface area (Å²) in [7, 11) is 1.23. The number of nitrogens with zero attached hydrogens (tertiary/aromatic N) is 5. The minimum atomic E-state index is -1.26. The molecule has 16 heteroatoms. The monoisotopic (exact) mass is 929 g/mol. The fourth-order valence-electron chi connectivity index (χ4n) is 10.1. The van der Waals surface area contributed by atoms with Crippen molar-refractivity contribution in [3.05, 3.63) is 102 Å². The highest BCUT2D eigenvalue weighted by Crippen LogP contribution is 2.46. The molecular formula is C52H61F2N9O5. The minimum Gasteiger partial charge on any atom is -0.469 e. The Balaban J connectivity index is 1.01. The predicted octanol–water partition coefficient (Wildman–Crippen LogP) is 9.24. The highest BCUT2D eigenvalue weighted by Gasteiger charge is 2.43. The summed E-state index contributed by atoms with van der Waals surface area (Å²) < 4.78 is 44.1. The number of aromatic amines is 2. The number of alkyl carbamates (subject to hydrolysis) is 1. The minimum absolute atomic E-state index is 0.0303. The zero-order chi connectivity index (χ0) is 48.0. The van der Waals surface area contributed by atoms with E-state index in [1.165, 1.54) is 17.6 Å². The Bertz CT molecular complexity index is 2780. The molecule has 2 saturated heterocycles. The van der Waals surface area contributed by atoms with Crippen molar-refractivity contribution in [3.8, 4) is 39.5 Å². The normalized spacial score (nSPS) is 21.0. The number of likely N-dealkylation sites (tertiary alicyclic amines) is 2. The second-order valence-corrected chi connectivity index (χ2v) is 19.4. The summed E-state index contributed by atoms with van der Waals surface area (Å²) in [5, 5.41) is 7.00. The van der Waals surface area contributed by atoms with Crippen LogP contribution in [-0.4, -0.2) is 103 Å². The van der Waals surface area contributed by atoms with Crippen molar-refractivity contribution < 1.29 is 32.6 Å². The SMILES string of the molecule is COC(=O)N[C@H](C(=O)N1C[C@H](F)CC1c1ncc(-c2ccc3c(c2)OC(CCc2ccccc2)n2c-3cc3cc(-c4cnc([C@@H]5CC(F)CN5C(=O)C(NC(C)C)C(C)C)[nH]4)ccc32)[nH]1)C(C)C. The number of H-pyrrole nitrogens is 2. The number of ether oxygens (including phenoxy) is 2. The Kier molecular flexibility index (Phi) is 13.2. The molecule has 4 unspecified atom stereocenters. The Morgan fingerprint density at radius 2 is 1.37 bits per heavy atom. The van der Waals surface area contributed by atoms with Crippen molar-refractivity contribution in [2.75, 3.05) is 20.2 Å². The van der Waals surface area contributed by atoms with Crippen molar-refractivity contribution in [1.82, 2.24) is 44.9 Å². The Hall–Kier alpha value is -6.55. The van der Waals surface area contributed by atoms with E-state index in [0.717, 1.165) is 45.4 Å². The molecule has 358 valence electrons. The van der Waals surface area contributed by atoms with Gasteiger partial charge in [0.1, 0.15) is 35.8 Å². The van der Waals surface area contributed by atoms with Crippen LogP contribution in [0, 0.1) is 11.8 Å². The maximum absolute atomic E-state index is 15.1. The van der Waals surface area contributed by atoms with E-state index < -0.39 is 48.5 Å². The van der Waals surface area contributed by atoms with Crippen LogP contribution in [0.2, 0.25) is 0 Å². The van der Waals surface area contributed by atoms with Crippen LogP contribution in [0.1, 0.15) is 96.3 Å². The number of aryl methyl sites for hydroxylation is 1. The molecule has 6 heterocycles. The first-order chi connectivity index (χ1) is 32.7. The van der Waals surface area contributed by atoms with E-state index in [1.54, 1.807) is 17.3 Å². The molecule has 0 saturated carbocycles. The summed E-state index contributed by atoms with van der Waals surface area (Å²) >= 11 is 0. The van der Waals surface area contributed by atoms with E-state index in [0.29, 0.717) is 29.5 Å². The molecule has 4 N–H and O–H groups in total. The number of benzene rings is 3. The van der Waals surface area contributed by atoms with Crippen LogP contribution in [0.15, 0.2) is 85.2 Å². The standard InChI is InChI=1S/C52H61F2N9O5/c1-28(2)46(57-30(5)6)50(64)61-26-35(53)22-42(61)48-55-24-38(58-48)32-15-17-40-34(19-32)20-41-37-16-14-33(21-44(37)68-45(63(40)41)18-13-31-11-9-8-10-12-31)39-25-56-49(59-39)43-23-36(54)27-62(43)51(65)47(29(3)4)60-52(66)67-7/h8-12,14-17,19-21,24-25,28-30,35-36,42-43,45-47,57H,13,18,22-23,26-27H2,1-7H3,(H,55,58)(H,56,59)(H,60,66)/t35?,36-,42+,43?,45?,46?,47+/m1/s1. The largest absolute Gasteiger partial charge is 0.469 e. The van der Waals surface area contributed by atoms with Crippen LogP contribution in [0.5, 0.6) is 5.75 Å². The van der Waals surface area contributed by atoms with E-state index in [1.807, 2.05) is 77.9 Å². The third-order valence-electron chi connectivity index (χ3n) is 13.5.